The van der Waals surface area contributed by atoms with Gasteiger partial charge in [0, 0.05) is 29.2 Å². The lowest BCUT2D eigenvalue weighted by atomic mass is 9.59. The zero-order valence-corrected chi connectivity index (χ0v) is 22.8. The number of carbonyl (C=O) groups is 3. The largest absolute Gasteiger partial charge is 0.458 e. The normalized spacial score (nSPS) is 41.9. The molecule has 204 valence electrons. The highest BCUT2D eigenvalue weighted by Crippen LogP contribution is 2.75. The van der Waals surface area contributed by atoms with E-state index in [1.165, 1.54) is 0 Å². The zero-order chi connectivity index (χ0) is 27.7. The molecule has 0 aromatic carbocycles. The minimum absolute atomic E-state index is 0.0835. The lowest BCUT2D eigenvalue weighted by molar-refractivity contribution is -0.203. The summed E-state index contributed by atoms with van der Waals surface area (Å²) in [6.07, 6.45) is 2.97. The number of esters is 2. The SMILES string of the molecule is C/C=C(\C)C(=O)O[C@H]1C(C)=C[C@]23C(=O)[C@@H](C=C(CO)[C@@H](O)[C@]12O)[C@@H]1C(C)(C)[C@]1(OC(=O)CCC)C[C@H]3C. The molecule has 4 aliphatic carbocycles. The van der Waals surface area contributed by atoms with Gasteiger partial charge in [-0.3, -0.25) is 9.59 Å². The summed E-state index contributed by atoms with van der Waals surface area (Å²) in [4.78, 5) is 40.1. The molecule has 2 saturated carbocycles. The van der Waals surface area contributed by atoms with Crippen LogP contribution in [-0.2, 0) is 23.9 Å². The number of ketones is 1. The van der Waals surface area contributed by atoms with Crippen LogP contribution in [0.3, 0.4) is 0 Å². The van der Waals surface area contributed by atoms with Crippen molar-refractivity contribution in [1.29, 1.82) is 0 Å². The van der Waals surface area contributed by atoms with Crippen LogP contribution in [0.15, 0.2) is 34.9 Å². The minimum Gasteiger partial charge on any atom is -0.458 e. The van der Waals surface area contributed by atoms with Crippen LogP contribution in [0.4, 0.5) is 0 Å². The molecule has 0 saturated heterocycles. The molecule has 8 atom stereocenters. The van der Waals surface area contributed by atoms with E-state index in [9.17, 15) is 29.7 Å². The highest BCUT2D eigenvalue weighted by Gasteiger charge is 2.83. The average molecular weight is 517 g/mol. The fourth-order valence-corrected chi connectivity index (χ4v) is 7.67. The van der Waals surface area contributed by atoms with Gasteiger partial charge in [0.2, 0.25) is 0 Å². The van der Waals surface area contributed by atoms with Crippen LogP contribution in [0.2, 0.25) is 0 Å². The number of aliphatic hydroxyl groups is 3. The number of rotatable bonds is 6. The van der Waals surface area contributed by atoms with E-state index in [4.69, 9.17) is 9.47 Å². The number of allylic oxidation sites excluding steroid dienone is 2. The maximum Gasteiger partial charge on any atom is 0.334 e. The fourth-order valence-electron chi connectivity index (χ4n) is 7.67. The first-order valence-electron chi connectivity index (χ1n) is 13.2. The Kier molecular flexibility index (Phi) is 6.66. The van der Waals surface area contributed by atoms with E-state index in [0.717, 1.165) is 0 Å². The summed E-state index contributed by atoms with van der Waals surface area (Å²) in [7, 11) is 0. The quantitative estimate of drug-likeness (QED) is 0.279. The zero-order valence-electron chi connectivity index (χ0n) is 22.8. The highest BCUT2D eigenvalue weighted by atomic mass is 16.6. The molecule has 0 unspecified atom stereocenters. The van der Waals surface area contributed by atoms with Crippen LogP contribution < -0.4 is 0 Å². The van der Waals surface area contributed by atoms with Crippen LogP contribution >= 0.6 is 0 Å². The third-order valence-electron chi connectivity index (χ3n) is 9.75. The summed E-state index contributed by atoms with van der Waals surface area (Å²) in [6.45, 7) is 12.0. The number of ether oxygens (including phenoxy) is 2. The van der Waals surface area contributed by atoms with Gasteiger partial charge in [-0.15, -0.1) is 0 Å². The number of fused-ring (bicyclic) bond motifs is 3. The Balaban J connectivity index is 1.91. The summed E-state index contributed by atoms with van der Waals surface area (Å²) in [6, 6.07) is 0. The third-order valence-corrected chi connectivity index (χ3v) is 9.75. The number of hydrogen-bond acceptors (Lipinski definition) is 8. The molecular weight excluding hydrogens is 476 g/mol. The van der Waals surface area contributed by atoms with Crippen LogP contribution in [0.1, 0.15) is 67.7 Å². The summed E-state index contributed by atoms with van der Waals surface area (Å²) in [5.41, 5.74) is -4.51. The first kappa shape index (κ1) is 27.7. The Labute approximate surface area is 218 Å². The molecule has 0 heterocycles. The molecule has 0 radical (unpaired) electrons. The van der Waals surface area contributed by atoms with Crippen molar-refractivity contribution in [2.45, 2.75) is 91.1 Å². The van der Waals surface area contributed by atoms with Gasteiger partial charge in [-0.1, -0.05) is 45.9 Å². The van der Waals surface area contributed by atoms with Gasteiger partial charge in [0.05, 0.1) is 12.0 Å². The van der Waals surface area contributed by atoms with Crippen molar-refractivity contribution in [2.75, 3.05) is 6.61 Å². The summed E-state index contributed by atoms with van der Waals surface area (Å²) in [5.74, 6) is -3.14. The van der Waals surface area contributed by atoms with Crippen LogP contribution in [-0.4, -0.2) is 63.1 Å². The summed E-state index contributed by atoms with van der Waals surface area (Å²) >= 11 is 0. The van der Waals surface area contributed by atoms with Crippen molar-refractivity contribution in [3.63, 3.8) is 0 Å². The highest BCUT2D eigenvalue weighted by molar-refractivity contribution is 5.96. The van der Waals surface area contributed by atoms with Crippen molar-refractivity contribution in [2.24, 2.45) is 28.6 Å². The third kappa shape index (κ3) is 3.41. The maximum absolute atomic E-state index is 14.6. The predicted octanol–water partition coefficient (Wildman–Crippen LogP) is 2.80. The summed E-state index contributed by atoms with van der Waals surface area (Å²) < 4.78 is 11.9. The van der Waals surface area contributed by atoms with Crippen LogP contribution in [0.25, 0.3) is 0 Å². The Morgan fingerprint density at radius 1 is 1.27 bits per heavy atom. The van der Waals surface area contributed by atoms with Crippen molar-refractivity contribution in [3.05, 3.63) is 34.9 Å². The van der Waals surface area contributed by atoms with E-state index in [2.05, 4.69) is 0 Å². The Morgan fingerprint density at radius 2 is 1.92 bits per heavy atom. The molecule has 2 fully saturated rings. The first-order chi connectivity index (χ1) is 17.2. The maximum atomic E-state index is 14.6. The van der Waals surface area contributed by atoms with E-state index in [-0.39, 0.29) is 30.2 Å². The van der Waals surface area contributed by atoms with Gasteiger partial charge >= 0.3 is 11.9 Å². The van der Waals surface area contributed by atoms with Crippen molar-refractivity contribution < 1.29 is 39.2 Å². The van der Waals surface area contributed by atoms with Gasteiger partial charge in [-0.25, -0.2) is 4.79 Å². The molecule has 3 N–H and O–H groups in total. The molecule has 8 heteroatoms. The molecule has 0 aromatic rings. The van der Waals surface area contributed by atoms with Gasteiger partial charge < -0.3 is 24.8 Å². The Bertz CT molecular complexity index is 1110. The lowest BCUT2D eigenvalue weighted by Crippen LogP contribution is -2.66. The molecule has 4 rings (SSSR count). The number of Topliss-reactive ketones (excluding diaryl/α,β-unsaturated/α-hetero) is 1. The Hall–Kier alpha value is -2.29. The standard InChI is InChI=1S/C29H40O8/c1-8-10-20(31)37-28-13-17(5)27-12-16(4)24(36-25(34)15(3)9-2)29(27,35)22(32)18(14-30)11-19(23(27)33)21(28)26(28,6)7/h9,11-12,17,19,21-22,24,30,32,35H,8,10,13-14H2,1-7H3/b15-9+/t17-,19+,21-,22-,24+,27+,28+,29+/m1/s1. The second-order valence-electron chi connectivity index (χ2n) is 12.0. The van der Waals surface area contributed by atoms with Crippen LogP contribution in [0.5, 0.6) is 0 Å². The predicted molar refractivity (Wildman–Crippen MR) is 135 cm³/mol. The van der Waals surface area contributed by atoms with E-state index < -0.39 is 64.6 Å². The van der Waals surface area contributed by atoms with Crippen molar-refractivity contribution in [3.8, 4) is 0 Å². The van der Waals surface area contributed by atoms with Crippen molar-refractivity contribution >= 4 is 17.7 Å². The fraction of sp³-hybridized carbons (Fsp3) is 0.690. The molecule has 37 heavy (non-hydrogen) atoms. The molecule has 4 aliphatic rings. The minimum atomic E-state index is -2.25. The van der Waals surface area contributed by atoms with E-state index in [1.54, 1.807) is 39.0 Å². The van der Waals surface area contributed by atoms with Crippen molar-refractivity contribution in [1.82, 2.24) is 0 Å². The number of carbonyl (C=O) groups excluding carboxylic acids is 3. The first-order valence-corrected chi connectivity index (χ1v) is 13.2. The molecule has 2 bridgehead atoms. The molecule has 0 aliphatic heterocycles. The van der Waals surface area contributed by atoms with Gasteiger partial charge in [0.25, 0.3) is 0 Å². The second-order valence-corrected chi connectivity index (χ2v) is 12.0. The number of aliphatic hydroxyl groups excluding tert-OH is 2. The van der Waals surface area contributed by atoms with Gasteiger partial charge in [0.15, 0.2) is 17.5 Å². The smallest absolute Gasteiger partial charge is 0.334 e. The molecule has 0 amide bonds. The number of hydrogen-bond donors (Lipinski definition) is 3. The topological polar surface area (TPSA) is 130 Å². The van der Waals surface area contributed by atoms with E-state index >= 15 is 0 Å². The monoisotopic (exact) mass is 516 g/mol. The van der Waals surface area contributed by atoms with Gasteiger partial charge in [0.1, 0.15) is 11.7 Å². The Morgan fingerprint density at radius 3 is 2.49 bits per heavy atom. The van der Waals surface area contributed by atoms with Gasteiger partial charge in [-0.05, 0) is 50.7 Å². The summed E-state index contributed by atoms with van der Waals surface area (Å²) in [5, 5.41) is 34.3. The average Bonchev–Trinajstić information content (AvgIpc) is 3.23. The van der Waals surface area contributed by atoms with E-state index in [0.29, 0.717) is 17.6 Å². The molecule has 8 nitrogen and oxygen atoms in total. The molecular formula is C29H40O8. The van der Waals surface area contributed by atoms with Crippen LogP contribution in [0, 0.1) is 28.6 Å². The van der Waals surface area contributed by atoms with Gasteiger partial charge in [-0.2, -0.15) is 0 Å². The molecule has 1 spiro atoms. The lowest BCUT2D eigenvalue weighted by Gasteiger charge is -2.49. The van der Waals surface area contributed by atoms with E-state index in [1.807, 2.05) is 27.7 Å². The second kappa shape index (κ2) is 8.89. The molecule has 0 aromatic heterocycles.